The molecule has 0 radical (unpaired) electrons. The highest BCUT2D eigenvalue weighted by Crippen LogP contribution is 2.24. The first-order valence-corrected chi connectivity index (χ1v) is 4.52. The summed E-state index contributed by atoms with van der Waals surface area (Å²) in [5.74, 6) is 0.493. The normalized spacial score (nSPS) is 16.4. The van der Waals surface area contributed by atoms with Crippen molar-refractivity contribution in [2.45, 2.75) is 12.8 Å². The van der Waals surface area contributed by atoms with Gasteiger partial charge in [0.2, 0.25) is 0 Å². The van der Waals surface area contributed by atoms with Crippen LogP contribution in [0.1, 0.15) is 29.1 Å². The Balaban J connectivity index is 2.05. The Hall–Kier alpha value is -1.36. The number of esters is 1. The van der Waals surface area contributed by atoms with Crippen LogP contribution in [0.5, 0.6) is 0 Å². The predicted octanol–water partition coefficient (Wildman–Crippen LogP) is 0.965. The van der Waals surface area contributed by atoms with Crippen LogP contribution in [0, 0.1) is 0 Å². The SMILES string of the molecule is CCOC(=O)c1cc(C2COC2)on1. The summed E-state index contributed by atoms with van der Waals surface area (Å²) in [5.41, 5.74) is 0.230. The van der Waals surface area contributed by atoms with E-state index in [1.54, 1.807) is 13.0 Å². The lowest BCUT2D eigenvalue weighted by atomic mass is 10.1. The molecule has 0 spiro atoms. The van der Waals surface area contributed by atoms with Gasteiger partial charge in [0.15, 0.2) is 5.69 Å². The van der Waals surface area contributed by atoms with E-state index >= 15 is 0 Å². The molecule has 76 valence electrons. The third-order valence-corrected chi connectivity index (χ3v) is 2.05. The second-order valence-corrected chi connectivity index (χ2v) is 3.07. The van der Waals surface area contributed by atoms with Gasteiger partial charge in [0.05, 0.1) is 25.7 Å². The van der Waals surface area contributed by atoms with Gasteiger partial charge in [0, 0.05) is 6.07 Å². The van der Waals surface area contributed by atoms with E-state index in [9.17, 15) is 4.79 Å². The molecule has 0 bridgehead atoms. The number of carbonyl (C=O) groups excluding carboxylic acids is 1. The third-order valence-electron chi connectivity index (χ3n) is 2.05. The van der Waals surface area contributed by atoms with Crippen molar-refractivity contribution < 1.29 is 18.8 Å². The number of carbonyl (C=O) groups is 1. The summed E-state index contributed by atoms with van der Waals surface area (Å²) in [6.45, 7) is 3.36. The molecule has 0 atom stereocenters. The number of hydrogen-bond donors (Lipinski definition) is 0. The maximum Gasteiger partial charge on any atom is 0.360 e. The van der Waals surface area contributed by atoms with Gasteiger partial charge in [-0.2, -0.15) is 0 Å². The molecule has 1 aromatic rings. The van der Waals surface area contributed by atoms with E-state index in [2.05, 4.69) is 5.16 Å². The molecule has 1 aromatic heterocycles. The second kappa shape index (κ2) is 3.79. The molecule has 14 heavy (non-hydrogen) atoms. The molecule has 0 aliphatic carbocycles. The molecule has 5 nitrogen and oxygen atoms in total. The lowest BCUT2D eigenvalue weighted by Crippen LogP contribution is -2.24. The van der Waals surface area contributed by atoms with E-state index in [-0.39, 0.29) is 11.6 Å². The first-order valence-electron chi connectivity index (χ1n) is 4.52. The lowest BCUT2D eigenvalue weighted by molar-refractivity contribution is -0.00229. The van der Waals surface area contributed by atoms with Crippen LogP contribution in [0.2, 0.25) is 0 Å². The Morgan fingerprint density at radius 1 is 1.71 bits per heavy atom. The fourth-order valence-electron chi connectivity index (χ4n) is 1.18. The summed E-state index contributed by atoms with van der Waals surface area (Å²) in [6, 6.07) is 1.62. The van der Waals surface area contributed by atoms with E-state index in [0.29, 0.717) is 25.6 Å². The Labute approximate surface area is 81.0 Å². The average molecular weight is 197 g/mol. The summed E-state index contributed by atoms with van der Waals surface area (Å²) in [7, 11) is 0. The maximum atomic E-state index is 11.2. The topological polar surface area (TPSA) is 61.6 Å². The first-order chi connectivity index (χ1) is 6.81. The van der Waals surface area contributed by atoms with Gasteiger partial charge in [-0.05, 0) is 6.92 Å². The zero-order chi connectivity index (χ0) is 9.97. The van der Waals surface area contributed by atoms with Crippen molar-refractivity contribution in [2.24, 2.45) is 0 Å². The van der Waals surface area contributed by atoms with Gasteiger partial charge in [-0.3, -0.25) is 0 Å². The summed E-state index contributed by atoms with van der Waals surface area (Å²) in [6.07, 6.45) is 0. The zero-order valence-corrected chi connectivity index (χ0v) is 7.86. The van der Waals surface area contributed by atoms with Gasteiger partial charge >= 0.3 is 5.97 Å². The molecule has 0 amide bonds. The zero-order valence-electron chi connectivity index (χ0n) is 7.86. The minimum Gasteiger partial charge on any atom is -0.461 e. The van der Waals surface area contributed by atoms with Crippen molar-refractivity contribution in [3.8, 4) is 0 Å². The minimum absolute atomic E-state index is 0.230. The van der Waals surface area contributed by atoms with Crippen LogP contribution in [0.3, 0.4) is 0 Å². The predicted molar refractivity (Wildman–Crippen MR) is 46.0 cm³/mol. The van der Waals surface area contributed by atoms with Gasteiger partial charge in [0.25, 0.3) is 0 Å². The Bertz CT molecular complexity index is 329. The monoisotopic (exact) mass is 197 g/mol. The van der Waals surface area contributed by atoms with Crippen molar-refractivity contribution in [3.05, 3.63) is 17.5 Å². The second-order valence-electron chi connectivity index (χ2n) is 3.07. The summed E-state index contributed by atoms with van der Waals surface area (Å²) in [5, 5.41) is 3.63. The van der Waals surface area contributed by atoms with Crippen LogP contribution in [-0.4, -0.2) is 30.9 Å². The van der Waals surface area contributed by atoms with Crippen molar-refractivity contribution >= 4 is 5.97 Å². The highest BCUT2D eigenvalue weighted by atomic mass is 16.5. The van der Waals surface area contributed by atoms with Gasteiger partial charge in [-0.15, -0.1) is 0 Å². The Kier molecular flexibility index (Phi) is 2.49. The van der Waals surface area contributed by atoms with Crippen LogP contribution in [0.4, 0.5) is 0 Å². The molecule has 2 rings (SSSR count). The number of ether oxygens (including phenoxy) is 2. The van der Waals surface area contributed by atoms with Crippen LogP contribution in [0.25, 0.3) is 0 Å². The molecule has 1 saturated heterocycles. The fraction of sp³-hybridized carbons (Fsp3) is 0.556. The number of aromatic nitrogens is 1. The van der Waals surface area contributed by atoms with Crippen LogP contribution >= 0.6 is 0 Å². The number of rotatable bonds is 3. The largest absolute Gasteiger partial charge is 0.461 e. The standard InChI is InChI=1S/C9H11NO4/c1-2-13-9(11)7-3-8(14-10-7)6-4-12-5-6/h3,6H,2,4-5H2,1H3. The highest BCUT2D eigenvalue weighted by Gasteiger charge is 2.26. The van der Waals surface area contributed by atoms with Gasteiger partial charge in [0.1, 0.15) is 5.76 Å². The average Bonchev–Trinajstić information content (AvgIpc) is 2.50. The van der Waals surface area contributed by atoms with E-state index in [0.717, 1.165) is 0 Å². The van der Waals surface area contributed by atoms with Crippen molar-refractivity contribution in [2.75, 3.05) is 19.8 Å². The molecule has 1 aliphatic rings. The molecule has 2 heterocycles. The van der Waals surface area contributed by atoms with Crippen molar-refractivity contribution in [1.29, 1.82) is 0 Å². The molecule has 0 N–H and O–H groups in total. The van der Waals surface area contributed by atoms with E-state index < -0.39 is 5.97 Å². The highest BCUT2D eigenvalue weighted by molar-refractivity contribution is 5.87. The van der Waals surface area contributed by atoms with Gasteiger partial charge < -0.3 is 14.0 Å². The van der Waals surface area contributed by atoms with Crippen molar-refractivity contribution in [1.82, 2.24) is 5.16 Å². The summed E-state index contributed by atoms with van der Waals surface area (Å²) >= 11 is 0. The third kappa shape index (κ3) is 1.63. The molecule has 0 unspecified atom stereocenters. The van der Waals surface area contributed by atoms with Crippen LogP contribution < -0.4 is 0 Å². The minimum atomic E-state index is -0.442. The summed E-state index contributed by atoms with van der Waals surface area (Å²) in [4.78, 5) is 11.2. The van der Waals surface area contributed by atoms with Crippen LogP contribution in [0.15, 0.2) is 10.6 Å². The van der Waals surface area contributed by atoms with E-state index in [1.165, 1.54) is 0 Å². The molecule has 1 aliphatic heterocycles. The van der Waals surface area contributed by atoms with Crippen LogP contribution in [-0.2, 0) is 9.47 Å². The number of hydrogen-bond acceptors (Lipinski definition) is 5. The molecule has 5 heteroatoms. The quantitative estimate of drug-likeness (QED) is 0.675. The van der Waals surface area contributed by atoms with Gasteiger partial charge in [-0.25, -0.2) is 4.79 Å². The first kappa shape index (κ1) is 9.21. The smallest absolute Gasteiger partial charge is 0.360 e. The number of nitrogens with zero attached hydrogens (tertiary/aromatic N) is 1. The van der Waals surface area contributed by atoms with E-state index in [1.807, 2.05) is 0 Å². The fourth-order valence-corrected chi connectivity index (χ4v) is 1.18. The molecular weight excluding hydrogens is 186 g/mol. The Morgan fingerprint density at radius 3 is 3.07 bits per heavy atom. The molecule has 1 fully saturated rings. The van der Waals surface area contributed by atoms with Crippen molar-refractivity contribution in [3.63, 3.8) is 0 Å². The molecular formula is C9H11NO4. The maximum absolute atomic E-state index is 11.2. The Morgan fingerprint density at radius 2 is 2.50 bits per heavy atom. The lowest BCUT2D eigenvalue weighted by Gasteiger charge is -2.22. The van der Waals surface area contributed by atoms with E-state index in [4.69, 9.17) is 14.0 Å². The molecule has 0 aromatic carbocycles. The summed E-state index contributed by atoms with van der Waals surface area (Å²) < 4.78 is 14.8. The van der Waals surface area contributed by atoms with Gasteiger partial charge in [-0.1, -0.05) is 5.16 Å². The molecule has 0 saturated carbocycles.